The van der Waals surface area contributed by atoms with Gasteiger partial charge in [-0.3, -0.25) is 0 Å². The molecule has 0 saturated carbocycles. The van der Waals surface area contributed by atoms with Crippen LogP contribution < -0.4 is 0 Å². The Labute approximate surface area is 169 Å². The Morgan fingerprint density at radius 1 is 0.897 bits per heavy atom. The first-order chi connectivity index (χ1) is 14.0. The summed E-state index contributed by atoms with van der Waals surface area (Å²) < 4.78 is 43.6. The van der Waals surface area contributed by atoms with Crippen LogP contribution >= 0.6 is 0 Å². The average molecular weight is 412 g/mol. The van der Waals surface area contributed by atoms with Crippen LogP contribution in [0.3, 0.4) is 0 Å². The number of aromatic nitrogens is 2. The van der Waals surface area contributed by atoms with Gasteiger partial charge in [-0.1, -0.05) is 42.5 Å². The Bertz CT molecular complexity index is 1150. The van der Waals surface area contributed by atoms with Gasteiger partial charge in [-0.15, -0.1) is 0 Å². The molecule has 5 nitrogen and oxygen atoms in total. The van der Waals surface area contributed by atoms with Crippen LogP contribution in [0.15, 0.2) is 65.7 Å². The molecule has 0 aliphatic carbocycles. The average Bonchev–Trinajstić information content (AvgIpc) is 3.31. The molecule has 1 fully saturated rings. The van der Waals surface area contributed by atoms with E-state index in [1.807, 2.05) is 24.4 Å². The molecular formula is C22H22FN3O2S. The summed E-state index contributed by atoms with van der Waals surface area (Å²) >= 11 is 0. The first-order valence-electron chi connectivity index (χ1n) is 9.87. The summed E-state index contributed by atoms with van der Waals surface area (Å²) in [4.78, 5) is 4.50. The van der Waals surface area contributed by atoms with Crippen molar-refractivity contribution in [2.75, 3.05) is 13.1 Å². The lowest BCUT2D eigenvalue weighted by molar-refractivity contribution is 0.227. The predicted molar refractivity (Wildman–Crippen MR) is 108 cm³/mol. The topological polar surface area (TPSA) is 55.2 Å². The van der Waals surface area contributed by atoms with Gasteiger partial charge in [0.2, 0.25) is 10.0 Å². The lowest BCUT2D eigenvalue weighted by atomic mass is 9.77. The zero-order chi connectivity index (χ0) is 20.1. The van der Waals surface area contributed by atoms with Crippen LogP contribution in [-0.2, 0) is 22.0 Å². The normalized spacial score (nSPS) is 18.8. The molecule has 0 atom stereocenters. The number of fused-ring (bicyclic) bond motifs is 2. The molecular weight excluding hydrogens is 389 g/mol. The van der Waals surface area contributed by atoms with Crippen LogP contribution in [0.25, 0.3) is 11.3 Å². The molecule has 3 aromatic rings. The van der Waals surface area contributed by atoms with Crippen LogP contribution in [0.4, 0.5) is 4.39 Å². The van der Waals surface area contributed by atoms with E-state index in [9.17, 15) is 12.8 Å². The SMILES string of the molecule is O=S(=O)(c1ccccc1F)N1CCC2(CC1)CCn1c(-c3ccccc3)cnc12. The molecule has 0 amide bonds. The molecule has 0 bridgehead atoms. The number of rotatable bonds is 3. The molecule has 2 aliphatic heterocycles. The summed E-state index contributed by atoms with van der Waals surface area (Å²) in [7, 11) is -3.82. The first-order valence-corrected chi connectivity index (χ1v) is 11.3. The lowest BCUT2D eigenvalue weighted by Crippen LogP contribution is -2.44. The molecule has 0 N–H and O–H groups in total. The lowest BCUT2D eigenvalue weighted by Gasteiger charge is -2.37. The van der Waals surface area contributed by atoms with E-state index in [2.05, 4.69) is 16.7 Å². The van der Waals surface area contributed by atoms with Crippen LogP contribution in [0.1, 0.15) is 25.1 Å². The molecule has 3 heterocycles. The molecule has 150 valence electrons. The Kier molecular flexibility index (Phi) is 4.33. The number of imidazole rings is 1. The minimum atomic E-state index is -3.82. The number of sulfonamides is 1. The second-order valence-electron chi connectivity index (χ2n) is 7.85. The van der Waals surface area contributed by atoms with Crippen molar-refractivity contribution in [3.05, 3.63) is 72.4 Å². The molecule has 0 radical (unpaired) electrons. The quantitative estimate of drug-likeness (QED) is 0.659. The van der Waals surface area contributed by atoms with Crippen molar-refractivity contribution in [3.63, 3.8) is 0 Å². The van der Waals surface area contributed by atoms with Gasteiger partial charge >= 0.3 is 0 Å². The monoisotopic (exact) mass is 411 g/mol. The van der Waals surface area contributed by atoms with Crippen molar-refractivity contribution >= 4 is 10.0 Å². The summed E-state index contributed by atoms with van der Waals surface area (Å²) in [5.41, 5.74) is 2.15. The van der Waals surface area contributed by atoms with Crippen LogP contribution in [0.2, 0.25) is 0 Å². The molecule has 29 heavy (non-hydrogen) atoms. The number of hydrogen-bond acceptors (Lipinski definition) is 3. The van der Waals surface area contributed by atoms with Gasteiger partial charge < -0.3 is 4.57 Å². The second-order valence-corrected chi connectivity index (χ2v) is 9.76. The Morgan fingerprint density at radius 3 is 2.28 bits per heavy atom. The smallest absolute Gasteiger partial charge is 0.245 e. The minimum Gasteiger partial charge on any atom is -0.328 e. The van der Waals surface area contributed by atoms with Gasteiger partial charge in [-0.05, 0) is 37.0 Å². The molecule has 7 heteroatoms. The van der Waals surface area contributed by atoms with Gasteiger partial charge in [0.25, 0.3) is 0 Å². The van der Waals surface area contributed by atoms with Gasteiger partial charge in [0.05, 0.1) is 11.9 Å². The van der Waals surface area contributed by atoms with E-state index in [0.717, 1.165) is 30.0 Å². The fourth-order valence-corrected chi connectivity index (χ4v) is 6.23. The molecule has 1 aromatic heterocycles. The molecule has 0 unspecified atom stereocenters. The van der Waals surface area contributed by atoms with Gasteiger partial charge in [0.1, 0.15) is 16.5 Å². The Hall–Kier alpha value is -2.51. The summed E-state index contributed by atoms with van der Waals surface area (Å²) in [5.74, 6) is 0.357. The molecule has 2 aliphatic rings. The third kappa shape index (κ3) is 2.91. The van der Waals surface area contributed by atoms with Gasteiger partial charge in [0.15, 0.2) is 0 Å². The molecule has 1 spiro atoms. The van der Waals surface area contributed by atoms with E-state index in [-0.39, 0.29) is 10.3 Å². The van der Waals surface area contributed by atoms with Crippen LogP contribution in [0, 0.1) is 5.82 Å². The molecule has 2 aromatic carbocycles. The highest BCUT2D eigenvalue weighted by Gasteiger charge is 2.46. The first kappa shape index (κ1) is 18.5. The van der Waals surface area contributed by atoms with Crippen molar-refractivity contribution in [1.29, 1.82) is 0 Å². The zero-order valence-corrected chi connectivity index (χ0v) is 16.8. The number of nitrogens with zero attached hydrogens (tertiary/aromatic N) is 3. The summed E-state index contributed by atoms with van der Waals surface area (Å²) in [6, 6.07) is 15.8. The number of halogens is 1. The standard InChI is InChI=1S/C22H22FN3O2S/c23-18-8-4-5-9-20(18)29(27,28)25-13-10-22(11-14-25)12-15-26-19(16-24-21(22)26)17-6-2-1-3-7-17/h1-9,16H,10-15H2. The predicted octanol–water partition coefficient (Wildman–Crippen LogP) is 3.82. The third-order valence-corrected chi connectivity index (χ3v) is 8.28. The highest BCUT2D eigenvalue weighted by atomic mass is 32.2. The van der Waals surface area contributed by atoms with Crippen molar-refractivity contribution in [2.24, 2.45) is 0 Å². The molecule has 1 saturated heterocycles. The van der Waals surface area contributed by atoms with E-state index in [0.29, 0.717) is 25.9 Å². The van der Waals surface area contributed by atoms with Gasteiger partial charge in [-0.25, -0.2) is 17.8 Å². The maximum absolute atomic E-state index is 14.1. The van der Waals surface area contributed by atoms with Gasteiger partial charge in [-0.2, -0.15) is 4.31 Å². The zero-order valence-electron chi connectivity index (χ0n) is 16.0. The maximum atomic E-state index is 14.1. The van der Waals surface area contributed by atoms with E-state index in [1.54, 1.807) is 6.07 Å². The molecule has 5 rings (SSSR count). The third-order valence-electron chi connectivity index (χ3n) is 6.35. The number of hydrogen-bond donors (Lipinski definition) is 0. The highest BCUT2D eigenvalue weighted by Crippen LogP contribution is 2.45. The minimum absolute atomic E-state index is 0.103. The van der Waals surface area contributed by atoms with Crippen molar-refractivity contribution in [1.82, 2.24) is 13.9 Å². The summed E-state index contributed by atoms with van der Waals surface area (Å²) in [6.07, 6.45) is 4.29. The second kappa shape index (κ2) is 6.78. The summed E-state index contributed by atoms with van der Waals surface area (Å²) in [5, 5.41) is 0. The van der Waals surface area contributed by atoms with Crippen molar-refractivity contribution in [2.45, 2.75) is 36.1 Å². The van der Waals surface area contributed by atoms with Crippen molar-refractivity contribution in [3.8, 4) is 11.3 Å². The Balaban J connectivity index is 1.40. The van der Waals surface area contributed by atoms with E-state index in [1.165, 1.54) is 22.5 Å². The fraction of sp³-hybridized carbons (Fsp3) is 0.318. The van der Waals surface area contributed by atoms with Gasteiger partial charge in [0, 0.05) is 25.0 Å². The summed E-state index contributed by atoms with van der Waals surface area (Å²) in [6.45, 7) is 1.65. The van der Waals surface area contributed by atoms with E-state index >= 15 is 0 Å². The van der Waals surface area contributed by atoms with Crippen LogP contribution in [0.5, 0.6) is 0 Å². The van der Waals surface area contributed by atoms with Crippen LogP contribution in [-0.4, -0.2) is 35.4 Å². The van der Waals surface area contributed by atoms with E-state index in [4.69, 9.17) is 4.98 Å². The van der Waals surface area contributed by atoms with Crippen molar-refractivity contribution < 1.29 is 12.8 Å². The van der Waals surface area contributed by atoms with E-state index < -0.39 is 15.8 Å². The Morgan fingerprint density at radius 2 is 1.55 bits per heavy atom. The number of piperidine rings is 1. The highest BCUT2D eigenvalue weighted by molar-refractivity contribution is 7.89. The maximum Gasteiger partial charge on any atom is 0.245 e. The fourth-order valence-electron chi connectivity index (χ4n) is 4.72. The number of benzene rings is 2. The largest absolute Gasteiger partial charge is 0.328 e.